The van der Waals surface area contributed by atoms with Gasteiger partial charge in [-0.25, -0.2) is 0 Å². The molecule has 1 saturated heterocycles. The van der Waals surface area contributed by atoms with Crippen LogP contribution in [0.4, 0.5) is 0 Å². The fraction of sp³-hybridized carbons (Fsp3) is 0.429. The van der Waals surface area contributed by atoms with Crippen molar-refractivity contribution in [2.45, 2.75) is 51.4 Å². The Balaban J connectivity index is 1.74. The van der Waals surface area contributed by atoms with Crippen LogP contribution in [-0.4, -0.2) is 25.4 Å². The van der Waals surface area contributed by atoms with Gasteiger partial charge in [0.25, 0.3) is 0 Å². The van der Waals surface area contributed by atoms with E-state index >= 15 is 0 Å². The fourth-order valence-corrected chi connectivity index (χ4v) is 2.94. The second-order valence-corrected chi connectivity index (χ2v) is 7.84. The Hall–Kier alpha value is -2.02. The zero-order valence-electron chi connectivity index (χ0n) is 16.7. The fourth-order valence-electron chi connectivity index (χ4n) is 2.94. The number of ether oxygens (including phenoxy) is 2. The van der Waals surface area contributed by atoms with E-state index in [9.17, 15) is 0 Å². The predicted octanol–water partition coefficient (Wildman–Crippen LogP) is 3.91. The summed E-state index contributed by atoms with van der Waals surface area (Å²) >= 11 is 0. The highest BCUT2D eigenvalue weighted by Gasteiger charge is 2.53. The molecule has 2 aromatic rings. The summed E-state index contributed by atoms with van der Waals surface area (Å²) in [6.07, 6.45) is 0. The molecule has 0 aromatic heterocycles. The summed E-state index contributed by atoms with van der Waals surface area (Å²) in [4.78, 5) is 0. The first-order chi connectivity index (χ1) is 12.7. The molecule has 0 radical (unpaired) electrons. The summed E-state index contributed by atoms with van der Waals surface area (Å²) < 4.78 is 23.6. The molecule has 1 fully saturated rings. The highest BCUT2D eigenvalue weighted by Crippen LogP contribution is 2.40. The molecular weight excluding hydrogens is 341 g/mol. The zero-order chi connectivity index (χ0) is 19.7. The largest absolute Gasteiger partial charge is 0.493 e. The predicted molar refractivity (Wildman–Crippen MR) is 107 cm³/mol. The molecular formula is C21H28BNO4. The van der Waals surface area contributed by atoms with E-state index in [1.165, 1.54) is 0 Å². The van der Waals surface area contributed by atoms with Crippen molar-refractivity contribution in [3.63, 3.8) is 0 Å². The van der Waals surface area contributed by atoms with Crippen LogP contribution >= 0.6 is 0 Å². The van der Waals surface area contributed by atoms with E-state index in [1.807, 2.05) is 76.2 Å². The minimum absolute atomic E-state index is 0.419. The van der Waals surface area contributed by atoms with Gasteiger partial charge in [0.15, 0.2) is 11.5 Å². The molecule has 3 rings (SSSR count). The van der Waals surface area contributed by atoms with E-state index < -0.39 is 24.3 Å². The Morgan fingerprint density at radius 3 is 2.19 bits per heavy atom. The van der Waals surface area contributed by atoms with Crippen molar-refractivity contribution >= 4 is 7.12 Å². The van der Waals surface area contributed by atoms with Crippen LogP contribution in [0.25, 0.3) is 0 Å². The first kappa shape index (κ1) is 19.7. The number of hydrogen-bond donors (Lipinski definition) is 1. The van der Waals surface area contributed by atoms with Crippen molar-refractivity contribution in [3.8, 4) is 11.5 Å². The van der Waals surface area contributed by atoms with Gasteiger partial charge < -0.3 is 24.5 Å². The van der Waals surface area contributed by atoms with Crippen molar-refractivity contribution in [2.75, 3.05) is 7.11 Å². The minimum atomic E-state index is -0.518. The summed E-state index contributed by atoms with van der Waals surface area (Å²) in [6, 6.07) is 15.7. The summed E-state index contributed by atoms with van der Waals surface area (Å²) in [5, 5.41) is 0. The molecule has 27 heavy (non-hydrogen) atoms. The normalized spacial score (nSPS) is 19.0. The molecule has 0 spiro atoms. The molecule has 5 nitrogen and oxygen atoms in total. The highest BCUT2D eigenvalue weighted by molar-refractivity contribution is 6.47. The third-order valence-electron chi connectivity index (χ3n) is 5.37. The molecule has 0 aliphatic carbocycles. The van der Waals surface area contributed by atoms with Crippen LogP contribution in [0.1, 0.15) is 44.8 Å². The van der Waals surface area contributed by atoms with Gasteiger partial charge in [0, 0.05) is 0 Å². The number of hydrogen-bond acceptors (Lipinski definition) is 5. The van der Waals surface area contributed by atoms with Gasteiger partial charge in [0.2, 0.25) is 0 Å². The average molecular weight is 369 g/mol. The molecule has 2 N–H and O–H groups in total. The van der Waals surface area contributed by atoms with Crippen LogP contribution in [0, 0.1) is 0 Å². The van der Waals surface area contributed by atoms with Crippen molar-refractivity contribution in [3.05, 3.63) is 59.7 Å². The van der Waals surface area contributed by atoms with Crippen molar-refractivity contribution in [1.82, 2.24) is 0 Å². The highest BCUT2D eigenvalue weighted by atomic mass is 16.7. The van der Waals surface area contributed by atoms with Crippen molar-refractivity contribution < 1.29 is 18.8 Å². The van der Waals surface area contributed by atoms with Crippen LogP contribution in [0.2, 0.25) is 0 Å². The summed E-state index contributed by atoms with van der Waals surface area (Å²) in [7, 11) is 1.10. The third kappa shape index (κ3) is 4.13. The van der Waals surface area contributed by atoms with Gasteiger partial charge in [-0.05, 0) is 51.0 Å². The number of methoxy groups -OCH3 is 1. The Bertz CT molecular complexity index is 763. The van der Waals surface area contributed by atoms with E-state index in [4.69, 9.17) is 24.5 Å². The second-order valence-electron chi connectivity index (χ2n) is 7.84. The lowest BCUT2D eigenvalue weighted by molar-refractivity contribution is 0.00578. The molecule has 144 valence electrons. The molecule has 1 heterocycles. The van der Waals surface area contributed by atoms with E-state index in [2.05, 4.69) is 0 Å². The Morgan fingerprint density at radius 1 is 0.963 bits per heavy atom. The maximum Gasteiger partial charge on any atom is 0.480 e. The topological polar surface area (TPSA) is 62.9 Å². The smallest absolute Gasteiger partial charge is 0.480 e. The standard InChI is InChI=1S/C21H28BNO4/c1-20(2)21(3,4)27-22(26-20)19(23)16-11-12-17(18(13-16)24-5)25-14-15-9-7-6-8-10-15/h6-13,19H,14,23H2,1-5H3/t19-/m1/s1. The van der Waals surface area contributed by atoms with Gasteiger partial charge in [-0.15, -0.1) is 0 Å². The molecule has 2 aromatic carbocycles. The lowest BCUT2D eigenvalue weighted by atomic mass is 9.75. The summed E-state index contributed by atoms with van der Waals surface area (Å²) in [6.45, 7) is 8.53. The summed E-state index contributed by atoms with van der Waals surface area (Å²) in [5.74, 6) is 0.879. The quantitative estimate of drug-likeness (QED) is 0.783. The average Bonchev–Trinajstić information content (AvgIpc) is 2.87. The lowest BCUT2D eigenvalue weighted by Crippen LogP contribution is -2.41. The molecule has 6 heteroatoms. The summed E-state index contributed by atoms with van der Waals surface area (Å²) in [5.41, 5.74) is 7.57. The van der Waals surface area contributed by atoms with Crippen LogP contribution < -0.4 is 15.2 Å². The SMILES string of the molecule is COc1cc([C@@H](N)B2OC(C)(C)C(C)(C)O2)ccc1OCc1ccccc1. The van der Waals surface area contributed by atoms with Crippen LogP contribution in [0.3, 0.4) is 0 Å². The van der Waals surface area contributed by atoms with Crippen LogP contribution in [-0.2, 0) is 15.9 Å². The van der Waals surface area contributed by atoms with Gasteiger partial charge in [-0.2, -0.15) is 0 Å². The van der Waals surface area contributed by atoms with Crippen molar-refractivity contribution in [1.29, 1.82) is 0 Å². The van der Waals surface area contributed by atoms with E-state index in [-0.39, 0.29) is 0 Å². The molecule has 1 atom stereocenters. The molecule has 0 amide bonds. The maximum absolute atomic E-state index is 6.43. The first-order valence-electron chi connectivity index (χ1n) is 9.19. The number of nitrogens with two attached hydrogens (primary N) is 1. The maximum atomic E-state index is 6.43. The minimum Gasteiger partial charge on any atom is -0.493 e. The van der Waals surface area contributed by atoms with Gasteiger partial charge in [0.1, 0.15) is 6.61 Å². The molecule has 0 saturated carbocycles. The molecule has 1 aliphatic heterocycles. The van der Waals surface area contributed by atoms with Gasteiger partial charge in [-0.3, -0.25) is 0 Å². The monoisotopic (exact) mass is 369 g/mol. The van der Waals surface area contributed by atoms with Crippen molar-refractivity contribution in [2.24, 2.45) is 5.73 Å². The van der Waals surface area contributed by atoms with Gasteiger partial charge in [-0.1, -0.05) is 36.4 Å². The lowest BCUT2D eigenvalue weighted by Gasteiger charge is -2.32. The van der Waals surface area contributed by atoms with E-state index in [0.29, 0.717) is 18.1 Å². The Kier molecular flexibility index (Phi) is 5.51. The van der Waals surface area contributed by atoms with Gasteiger partial charge >= 0.3 is 7.12 Å². The zero-order valence-corrected chi connectivity index (χ0v) is 16.7. The van der Waals surface area contributed by atoms with Crippen LogP contribution in [0.5, 0.6) is 11.5 Å². The van der Waals surface area contributed by atoms with Gasteiger partial charge in [0.05, 0.1) is 24.3 Å². The molecule has 1 aliphatic rings. The number of rotatable bonds is 6. The van der Waals surface area contributed by atoms with Crippen LogP contribution in [0.15, 0.2) is 48.5 Å². The Labute approximate surface area is 161 Å². The first-order valence-corrected chi connectivity index (χ1v) is 9.19. The van der Waals surface area contributed by atoms with E-state index in [1.54, 1.807) is 7.11 Å². The molecule has 0 unspecified atom stereocenters. The Morgan fingerprint density at radius 2 is 1.59 bits per heavy atom. The second kappa shape index (κ2) is 7.54. The third-order valence-corrected chi connectivity index (χ3v) is 5.37. The molecule has 0 bridgehead atoms. The number of benzene rings is 2. The van der Waals surface area contributed by atoms with E-state index in [0.717, 1.165) is 11.1 Å².